The van der Waals surface area contributed by atoms with E-state index in [1.165, 1.54) is 16.9 Å². The van der Waals surface area contributed by atoms with Gasteiger partial charge in [-0.2, -0.15) is 0 Å². The van der Waals surface area contributed by atoms with E-state index in [9.17, 15) is 9.59 Å². The van der Waals surface area contributed by atoms with Crippen molar-refractivity contribution in [3.63, 3.8) is 0 Å². The number of nitrogens with one attached hydrogen (secondary N) is 1. The predicted molar refractivity (Wildman–Crippen MR) is 162 cm³/mol. The Kier molecular flexibility index (Phi) is 7.59. The maximum Gasteiger partial charge on any atom is 0.271 e. The molecule has 0 spiro atoms. The van der Waals surface area contributed by atoms with E-state index in [4.69, 9.17) is 9.73 Å². The Morgan fingerprint density at radius 1 is 1.02 bits per heavy atom. The van der Waals surface area contributed by atoms with Gasteiger partial charge in [0.1, 0.15) is 5.75 Å². The molecule has 204 valence electrons. The number of carbonyl (C=O) groups is 1. The van der Waals surface area contributed by atoms with Gasteiger partial charge in [0.15, 0.2) is 4.80 Å². The third-order valence-electron chi connectivity index (χ3n) is 6.88. The zero-order valence-electron chi connectivity index (χ0n) is 23.4. The van der Waals surface area contributed by atoms with Gasteiger partial charge in [-0.15, -0.1) is 0 Å². The molecule has 2 heterocycles. The van der Waals surface area contributed by atoms with Gasteiger partial charge in [0.2, 0.25) is 0 Å². The molecule has 1 atom stereocenters. The van der Waals surface area contributed by atoms with Gasteiger partial charge in [0.25, 0.3) is 11.5 Å². The van der Waals surface area contributed by atoms with Crippen LogP contribution in [0.5, 0.6) is 5.75 Å². The summed E-state index contributed by atoms with van der Waals surface area (Å²) in [4.78, 5) is 32.9. The van der Waals surface area contributed by atoms with E-state index < -0.39 is 6.04 Å². The Labute approximate surface area is 238 Å². The van der Waals surface area contributed by atoms with Crippen LogP contribution < -0.4 is 24.9 Å². The minimum Gasteiger partial charge on any atom is -0.494 e. The summed E-state index contributed by atoms with van der Waals surface area (Å²) in [5, 5.41) is 2.99. The van der Waals surface area contributed by atoms with Gasteiger partial charge in [0, 0.05) is 5.69 Å². The van der Waals surface area contributed by atoms with Crippen LogP contribution in [0.3, 0.4) is 0 Å². The van der Waals surface area contributed by atoms with E-state index in [-0.39, 0.29) is 16.9 Å². The van der Waals surface area contributed by atoms with Crippen molar-refractivity contribution in [3.05, 3.63) is 127 Å². The highest BCUT2D eigenvalue weighted by atomic mass is 32.1. The Morgan fingerprint density at radius 3 is 2.33 bits per heavy atom. The molecule has 0 unspecified atom stereocenters. The topological polar surface area (TPSA) is 72.7 Å². The average molecular weight is 552 g/mol. The molecule has 40 heavy (non-hydrogen) atoms. The molecule has 0 fully saturated rings. The molecule has 5 rings (SSSR count). The quantitative estimate of drug-likeness (QED) is 0.341. The van der Waals surface area contributed by atoms with Crippen LogP contribution >= 0.6 is 11.3 Å². The van der Waals surface area contributed by atoms with Crippen LogP contribution in [0, 0.1) is 0 Å². The largest absolute Gasteiger partial charge is 0.494 e. The van der Waals surface area contributed by atoms with Crippen molar-refractivity contribution in [1.29, 1.82) is 0 Å². The van der Waals surface area contributed by atoms with E-state index >= 15 is 0 Å². The number of aromatic nitrogens is 1. The van der Waals surface area contributed by atoms with Crippen molar-refractivity contribution < 1.29 is 9.53 Å². The molecule has 3 aromatic carbocycles. The van der Waals surface area contributed by atoms with Crippen molar-refractivity contribution >= 4 is 29.0 Å². The molecular weight excluding hydrogens is 518 g/mol. The molecule has 0 saturated carbocycles. The first kappa shape index (κ1) is 27.3. The maximum absolute atomic E-state index is 13.9. The third kappa shape index (κ3) is 5.56. The van der Waals surface area contributed by atoms with Crippen LogP contribution in [-0.2, 0) is 10.2 Å². The van der Waals surface area contributed by atoms with Crippen molar-refractivity contribution in [3.8, 4) is 5.75 Å². The van der Waals surface area contributed by atoms with Gasteiger partial charge in [-0.3, -0.25) is 14.2 Å². The van der Waals surface area contributed by atoms with E-state index in [0.29, 0.717) is 32.9 Å². The van der Waals surface area contributed by atoms with Crippen molar-refractivity contribution in [2.75, 3.05) is 11.9 Å². The highest BCUT2D eigenvalue weighted by molar-refractivity contribution is 7.07. The lowest BCUT2D eigenvalue weighted by molar-refractivity contribution is -0.113. The fourth-order valence-electron chi connectivity index (χ4n) is 4.79. The normalized spacial score (nSPS) is 15.4. The highest BCUT2D eigenvalue weighted by Crippen LogP contribution is 2.32. The summed E-state index contributed by atoms with van der Waals surface area (Å²) < 4.78 is 7.84. The number of ether oxygens (including phenoxy) is 1. The Hall–Kier alpha value is -4.23. The Morgan fingerprint density at radius 2 is 1.70 bits per heavy atom. The van der Waals surface area contributed by atoms with E-state index in [1.54, 1.807) is 4.57 Å². The number of para-hydroxylation sites is 1. The molecular formula is C33H33N3O3S. The van der Waals surface area contributed by atoms with Gasteiger partial charge in [-0.1, -0.05) is 86.7 Å². The number of benzene rings is 3. The second-order valence-corrected chi connectivity index (χ2v) is 11.8. The number of hydrogen-bond donors (Lipinski definition) is 1. The molecule has 7 heteroatoms. The third-order valence-corrected chi connectivity index (χ3v) is 7.86. The van der Waals surface area contributed by atoms with Gasteiger partial charge >= 0.3 is 0 Å². The molecule has 1 N–H and O–H groups in total. The first-order valence-corrected chi connectivity index (χ1v) is 14.2. The molecule has 0 bridgehead atoms. The lowest BCUT2D eigenvalue weighted by atomic mass is 9.87. The zero-order chi connectivity index (χ0) is 28.4. The van der Waals surface area contributed by atoms with Crippen molar-refractivity contribution in [2.24, 2.45) is 4.99 Å². The first-order chi connectivity index (χ1) is 19.2. The second-order valence-electron chi connectivity index (χ2n) is 10.8. The molecule has 1 aliphatic heterocycles. The van der Waals surface area contributed by atoms with E-state index in [1.807, 2.05) is 86.7 Å². The smallest absolute Gasteiger partial charge is 0.271 e. The number of rotatable bonds is 6. The number of amides is 1. The number of nitrogens with zero attached hydrogens (tertiary/aromatic N) is 2. The van der Waals surface area contributed by atoms with Crippen molar-refractivity contribution in [1.82, 2.24) is 4.57 Å². The summed E-state index contributed by atoms with van der Waals surface area (Å²) in [6.07, 6.45) is 1.90. The number of fused-ring (bicyclic) bond motifs is 1. The molecule has 6 nitrogen and oxygen atoms in total. The van der Waals surface area contributed by atoms with Gasteiger partial charge in [-0.05, 0) is 66.3 Å². The first-order valence-electron chi connectivity index (χ1n) is 13.4. The number of allylic oxidation sites excluding steroid dienone is 1. The molecule has 1 aromatic heterocycles. The number of anilines is 1. The van der Waals surface area contributed by atoms with E-state index in [0.717, 1.165) is 16.9 Å². The number of hydrogen-bond acceptors (Lipinski definition) is 5. The van der Waals surface area contributed by atoms with Crippen LogP contribution in [0.1, 0.15) is 57.4 Å². The standard InChI is InChI=1S/C33H33N3O3S/c1-6-39-26-18-14-23(15-19-26)29-28(30(37)35-25-10-8-7-9-11-25)21(2)34-32-36(29)31(38)27(40-32)20-22-12-16-24(17-13-22)33(3,4)5/h7-20,29H,6H2,1-5H3,(H,35,37)/b27-20-/t29-/m0/s1. The summed E-state index contributed by atoms with van der Waals surface area (Å²) >= 11 is 1.34. The number of thiazole rings is 1. The second kappa shape index (κ2) is 11.1. The van der Waals surface area contributed by atoms with Gasteiger partial charge < -0.3 is 10.1 Å². The summed E-state index contributed by atoms with van der Waals surface area (Å²) in [6, 6.07) is 24.5. The monoisotopic (exact) mass is 551 g/mol. The minimum absolute atomic E-state index is 0.0455. The Bertz CT molecular complexity index is 1740. The maximum atomic E-state index is 13.9. The molecule has 0 saturated heterocycles. The SMILES string of the molecule is CCOc1ccc([C@H]2C(C(=O)Nc3ccccc3)=C(C)N=c3s/c(=C\c4ccc(C(C)(C)C)cc4)c(=O)n32)cc1. The summed E-state index contributed by atoms with van der Waals surface area (Å²) in [5.41, 5.74) is 4.52. The zero-order valence-corrected chi connectivity index (χ0v) is 24.2. The molecule has 4 aromatic rings. The Balaban J connectivity index is 1.62. The van der Waals surface area contributed by atoms with Gasteiger partial charge in [0.05, 0.1) is 28.5 Å². The minimum atomic E-state index is -0.638. The molecule has 1 aliphatic rings. The molecule has 1 amide bonds. The average Bonchev–Trinajstić information content (AvgIpc) is 3.23. The lowest BCUT2D eigenvalue weighted by Crippen LogP contribution is -2.40. The van der Waals surface area contributed by atoms with Crippen molar-refractivity contribution in [2.45, 2.75) is 46.1 Å². The van der Waals surface area contributed by atoms with Crippen LogP contribution in [0.2, 0.25) is 0 Å². The molecule has 0 aliphatic carbocycles. The van der Waals surface area contributed by atoms with E-state index in [2.05, 4.69) is 38.2 Å². The van der Waals surface area contributed by atoms with Crippen LogP contribution in [-0.4, -0.2) is 17.1 Å². The lowest BCUT2D eigenvalue weighted by Gasteiger charge is -2.25. The molecule has 0 radical (unpaired) electrons. The van der Waals surface area contributed by atoms with Crippen LogP contribution in [0.4, 0.5) is 5.69 Å². The fraction of sp³-hybridized carbons (Fsp3) is 0.242. The summed E-state index contributed by atoms with van der Waals surface area (Å²) in [7, 11) is 0. The predicted octanol–water partition coefficient (Wildman–Crippen LogP) is 5.57. The number of carbonyl (C=O) groups excluding carboxylic acids is 1. The summed E-state index contributed by atoms with van der Waals surface area (Å²) in [5.74, 6) is 0.437. The van der Waals surface area contributed by atoms with Gasteiger partial charge in [-0.25, -0.2) is 4.99 Å². The summed E-state index contributed by atoms with van der Waals surface area (Å²) in [6.45, 7) is 10.8. The highest BCUT2D eigenvalue weighted by Gasteiger charge is 2.32. The van der Waals surface area contributed by atoms with Crippen LogP contribution in [0.25, 0.3) is 6.08 Å². The fourth-order valence-corrected chi connectivity index (χ4v) is 5.84. The van der Waals surface area contributed by atoms with Crippen LogP contribution in [0.15, 0.2) is 99.9 Å².